The summed E-state index contributed by atoms with van der Waals surface area (Å²) < 4.78 is 13.2. The molecule has 0 bridgehead atoms. The Morgan fingerprint density at radius 3 is 2.71 bits per heavy atom. The van der Waals surface area contributed by atoms with Crippen molar-refractivity contribution in [3.8, 4) is 6.07 Å². The van der Waals surface area contributed by atoms with Crippen LogP contribution in [0.2, 0.25) is 0 Å². The number of nitrogens with one attached hydrogen (secondary N) is 1. The molecular weight excluding hydrogens is 329 g/mol. The minimum absolute atomic E-state index is 0.0652. The van der Waals surface area contributed by atoms with Crippen LogP contribution >= 0.6 is 11.8 Å². The Balaban J connectivity index is 1.86. The number of hydrogen-bond acceptors (Lipinski definition) is 6. The number of halogens is 1. The first kappa shape index (κ1) is 16.2. The van der Waals surface area contributed by atoms with Crippen LogP contribution in [0.25, 0.3) is 0 Å². The summed E-state index contributed by atoms with van der Waals surface area (Å²) in [5.41, 5.74) is 6.52. The molecule has 122 valence electrons. The van der Waals surface area contributed by atoms with E-state index in [9.17, 15) is 9.18 Å². The van der Waals surface area contributed by atoms with E-state index >= 15 is 0 Å². The van der Waals surface area contributed by atoms with Crippen molar-refractivity contribution in [2.45, 2.75) is 29.3 Å². The second-order valence-corrected chi connectivity index (χ2v) is 6.47. The molecule has 3 N–H and O–H groups in total. The third-order valence-corrected chi connectivity index (χ3v) is 4.60. The van der Waals surface area contributed by atoms with Crippen molar-refractivity contribution in [3.63, 3.8) is 0 Å². The van der Waals surface area contributed by atoms with Gasteiger partial charge in [-0.1, -0.05) is 23.9 Å². The summed E-state index contributed by atoms with van der Waals surface area (Å²) in [4.78, 5) is 20.6. The first-order valence-electron chi connectivity index (χ1n) is 7.32. The van der Waals surface area contributed by atoms with Crippen LogP contribution in [0.15, 0.2) is 35.6 Å². The van der Waals surface area contributed by atoms with Crippen molar-refractivity contribution >= 4 is 23.5 Å². The van der Waals surface area contributed by atoms with Gasteiger partial charge in [-0.05, 0) is 30.5 Å². The molecule has 1 aromatic heterocycles. The summed E-state index contributed by atoms with van der Waals surface area (Å²) in [5, 5.41) is 11.5. The molecule has 0 spiro atoms. The predicted molar refractivity (Wildman–Crippen MR) is 87.3 cm³/mol. The highest BCUT2D eigenvalue weighted by Gasteiger charge is 2.29. The van der Waals surface area contributed by atoms with Crippen molar-refractivity contribution in [2.75, 3.05) is 5.73 Å². The minimum Gasteiger partial charge on any atom is -0.382 e. The molecule has 0 saturated heterocycles. The fraction of sp³-hybridized carbons (Fsp3) is 0.250. The summed E-state index contributed by atoms with van der Waals surface area (Å²) in [5.74, 6) is -0.486. The Bertz CT molecular complexity index is 801. The molecule has 24 heavy (non-hydrogen) atoms. The molecule has 1 aliphatic carbocycles. The van der Waals surface area contributed by atoms with Gasteiger partial charge in [0.1, 0.15) is 28.5 Å². The number of nitriles is 1. The number of carbonyl (C=O) groups excluding carboxylic acids is 1. The number of nitrogens with zero attached hydrogens (tertiary/aromatic N) is 3. The Kier molecular flexibility index (Phi) is 4.62. The number of hydrogen-bond donors (Lipinski definition) is 2. The van der Waals surface area contributed by atoms with Crippen molar-refractivity contribution in [1.29, 1.82) is 5.26 Å². The SMILES string of the molecule is N#Cc1cnc(S[C@@H](C(=O)NC2CC2)c2ccc(F)cc2)nc1N. The fourth-order valence-corrected chi connectivity index (χ4v) is 2.99. The molecule has 1 saturated carbocycles. The maximum Gasteiger partial charge on any atom is 0.238 e. The van der Waals surface area contributed by atoms with Crippen LogP contribution < -0.4 is 11.1 Å². The Morgan fingerprint density at radius 2 is 2.12 bits per heavy atom. The van der Waals surface area contributed by atoms with Crippen LogP contribution in [0, 0.1) is 17.1 Å². The van der Waals surface area contributed by atoms with Crippen LogP contribution in [0.1, 0.15) is 29.2 Å². The van der Waals surface area contributed by atoms with E-state index < -0.39 is 5.25 Å². The lowest BCUT2D eigenvalue weighted by Crippen LogP contribution is -2.29. The van der Waals surface area contributed by atoms with Gasteiger partial charge in [-0.15, -0.1) is 0 Å². The zero-order chi connectivity index (χ0) is 17.1. The number of rotatable bonds is 5. The van der Waals surface area contributed by atoms with Gasteiger partial charge in [0.05, 0.1) is 6.20 Å². The van der Waals surface area contributed by atoms with E-state index in [1.807, 2.05) is 6.07 Å². The largest absolute Gasteiger partial charge is 0.382 e. The lowest BCUT2D eigenvalue weighted by Gasteiger charge is -2.16. The van der Waals surface area contributed by atoms with E-state index in [0.717, 1.165) is 24.6 Å². The number of nitrogen functional groups attached to an aromatic ring is 1. The Hall–Kier alpha value is -2.66. The molecule has 1 heterocycles. The van der Waals surface area contributed by atoms with Crippen molar-refractivity contribution in [2.24, 2.45) is 0 Å². The molecule has 8 heteroatoms. The van der Waals surface area contributed by atoms with Crippen LogP contribution in [-0.2, 0) is 4.79 Å². The summed E-state index contributed by atoms with van der Waals surface area (Å²) in [7, 11) is 0. The van der Waals surface area contributed by atoms with Gasteiger partial charge in [0.25, 0.3) is 0 Å². The van der Waals surface area contributed by atoms with Crippen LogP contribution in [0.4, 0.5) is 10.2 Å². The van der Waals surface area contributed by atoms with Crippen LogP contribution in [-0.4, -0.2) is 21.9 Å². The molecule has 1 amide bonds. The van der Waals surface area contributed by atoms with Gasteiger partial charge >= 0.3 is 0 Å². The zero-order valence-corrected chi connectivity index (χ0v) is 13.4. The van der Waals surface area contributed by atoms with Crippen LogP contribution in [0.3, 0.4) is 0 Å². The predicted octanol–water partition coefficient (Wildman–Crippen LogP) is 2.18. The van der Waals surface area contributed by atoms with Crippen molar-refractivity contribution in [3.05, 3.63) is 47.4 Å². The molecule has 0 aliphatic heterocycles. The van der Waals surface area contributed by atoms with Gasteiger partial charge in [-0.2, -0.15) is 5.26 Å². The first-order valence-corrected chi connectivity index (χ1v) is 8.20. The zero-order valence-electron chi connectivity index (χ0n) is 12.6. The average Bonchev–Trinajstić information content (AvgIpc) is 3.37. The van der Waals surface area contributed by atoms with Gasteiger partial charge in [-0.25, -0.2) is 14.4 Å². The molecular formula is C16H14FN5OS. The van der Waals surface area contributed by atoms with Crippen molar-refractivity contribution in [1.82, 2.24) is 15.3 Å². The molecule has 1 aliphatic rings. The Labute approximate surface area is 142 Å². The number of carbonyl (C=O) groups is 1. The van der Waals surface area contributed by atoms with Gasteiger partial charge in [0, 0.05) is 6.04 Å². The second-order valence-electron chi connectivity index (χ2n) is 5.40. The third-order valence-electron chi connectivity index (χ3n) is 3.47. The first-order chi connectivity index (χ1) is 11.6. The summed E-state index contributed by atoms with van der Waals surface area (Å²) in [6.45, 7) is 0. The van der Waals surface area contributed by atoms with E-state index in [-0.39, 0.29) is 34.3 Å². The highest BCUT2D eigenvalue weighted by atomic mass is 32.2. The number of benzene rings is 1. The molecule has 6 nitrogen and oxygen atoms in total. The van der Waals surface area contributed by atoms with Crippen LogP contribution in [0.5, 0.6) is 0 Å². The fourth-order valence-electron chi connectivity index (χ4n) is 2.04. The topological polar surface area (TPSA) is 105 Å². The van der Waals surface area contributed by atoms with E-state index in [2.05, 4.69) is 15.3 Å². The number of thioether (sulfide) groups is 1. The maximum absolute atomic E-state index is 13.2. The van der Waals surface area contributed by atoms with Gasteiger partial charge < -0.3 is 11.1 Å². The van der Waals surface area contributed by atoms with Crippen molar-refractivity contribution < 1.29 is 9.18 Å². The molecule has 1 fully saturated rings. The monoisotopic (exact) mass is 343 g/mol. The van der Waals surface area contributed by atoms with Gasteiger partial charge in [-0.3, -0.25) is 4.79 Å². The molecule has 1 atom stereocenters. The van der Waals surface area contributed by atoms with Gasteiger partial charge in [0.15, 0.2) is 5.16 Å². The van der Waals surface area contributed by atoms with E-state index in [4.69, 9.17) is 11.0 Å². The molecule has 0 radical (unpaired) electrons. The van der Waals surface area contributed by atoms with E-state index in [1.165, 1.54) is 18.3 Å². The maximum atomic E-state index is 13.2. The Morgan fingerprint density at radius 1 is 1.42 bits per heavy atom. The average molecular weight is 343 g/mol. The number of amides is 1. The highest BCUT2D eigenvalue weighted by Crippen LogP contribution is 2.35. The number of aromatic nitrogens is 2. The lowest BCUT2D eigenvalue weighted by atomic mass is 10.1. The normalized spacial score (nSPS) is 14.7. The van der Waals surface area contributed by atoms with Gasteiger partial charge in [0.2, 0.25) is 5.91 Å². The molecule has 0 unspecified atom stereocenters. The summed E-state index contributed by atoms with van der Waals surface area (Å²) in [6.07, 6.45) is 3.25. The highest BCUT2D eigenvalue weighted by molar-refractivity contribution is 8.00. The minimum atomic E-state index is -0.626. The quantitative estimate of drug-likeness (QED) is 0.637. The number of nitrogens with two attached hydrogens (primary N) is 1. The smallest absolute Gasteiger partial charge is 0.238 e. The molecule has 3 rings (SSSR count). The molecule has 1 aromatic carbocycles. The molecule has 2 aromatic rings. The van der Waals surface area contributed by atoms with E-state index in [0.29, 0.717) is 5.56 Å². The standard InChI is InChI=1S/C16H14FN5OS/c17-11-3-1-9(2-4-11)13(15(23)21-12-5-6-12)24-16-20-8-10(7-18)14(19)22-16/h1-4,8,12-13H,5-6H2,(H,21,23)(H2,19,20,22)/t13-/m1/s1. The van der Waals surface area contributed by atoms with E-state index in [1.54, 1.807) is 12.1 Å². The number of anilines is 1. The second kappa shape index (κ2) is 6.84. The summed E-state index contributed by atoms with van der Waals surface area (Å²) >= 11 is 1.11. The summed E-state index contributed by atoms with van der Waals surface area (Å²) in [6, 6.07) is 7.83. The lowest BCUT2D eigenvalue weighted by molar-refractivity contribution is -0.120. The third kappa shape index (κ3) is 3.81.